The van der Waals surface area contributed by atoms with E-state index in [1.165, 1.54) is 21.5 Å². The van der Waals surface area contributed by atoms with Crippen molar-refractivity contribution in [3.63, 3.8) is 0 Å². The third-order valence-electron chi connectivity index (χ3n) is 4.99. The molecule has 0 aliphatic heterocycles. The molecule has 0 saturated carbocycles. The number of rotatable bonds is 5. The van der Waals surface area contributed by atoms with Crippen LogP contribution in [0.1, 0.15) is 5.56 Å². The highest BCUT2D eigenvalue weighted by Crippen LogP contribution is 2.58. The number of nitrogen functional groups attached to an aromatic ring is 1. The maximum absolute atomic E-state index is 5.93. The summed E-state index contributed by atoms with van der Waals surface area (Å²) in [4.78, 5) is 0. The van der Waals surface area contributed by atoms with Crippen LogP contribution in [0.4, 0.5) is 5.69 Å². The Bertz CT molecular complexity index is 890. The van der Waals surface area contributed by atoms with Crippen molar-refractivity contribution in [2.24, 2.45) is 0 Å². The van der Waals surface area contributed by atoms with Gasteiger partial charge in [-0.3, -0.25) is 0 Å². The number of benzene rings is 4. The van der Waals surface area contributed by atoms with E-state index in [2.05, 4.69) is 103 Å². The Kier molecular flexibility index (Phi) is 6.88. The SMILES string of the molecule is Nc1ccc(C[P+](c2ccccc2)(c2ccccc2)c2ccccc2)cc1.[I-]. The highest BCUT2D eigenvalue weighted by atomic mass is 127. The smallest absolute Gasteiger partial charge is 0.116 e. The summed E-state index contributed by atoms with van der Waals surface area (Å²) in [6, 6.07) is 41.2. The first-order chi connectivity index (χ1) is 13.3. The van der Waals surface area contributed by atoms with E-state index in [0.29, 0.717) is 0 Å². The van der Waals surface area contributed by atoms with Crippen molar-refractivity contribution >= 4 is 28.9 Å². The van der Waals surface area contributed by atoms with Crippen LogP contribution in [0.2, 0.25) is 0 Å². The summed E-state index contributed by atoms with van der Waals surface area (Å²) >= 11 is 0. The highest BCUT2D eigenvalue weighted by Gasteiger charge is 2.45. The normalized spacial score (nSPS) is 10.9. The van der Waals surface area contributed by atoms with Crippen molar-refractivity contribution in [3.05, 3.63) is 121 Å². The van der Waals surface area contributed by atoms with Crippen molar-refractivity contribution in [1.82, 2.24) is 0 Å². The molecule has 4 aromatic carbocycles. The average Bonchev–Trinajstić information content (AvgIpc) is 2.75. The van der Waals surface area contributed by atoms with Crippen LogP contribution in [-0.4, -0.2) is 0 Å². The quantitative estimate of drug-likeness (QED) is 0.255. The van der Waals surface area contributed by atoms with Crippen molar-refractivity contribution in [2.75, 3.05) is 5.73 Å². The number of halogens is 1. The van der Waals surface area contributed by atoms with Crippen LogP contribution < -0.4 is 45.6 Å². The lowest BCUT2D eigenvalue weighted by atomic mass is 10.2. The van der Waals surface area contributed by atoms with Crippen LogP contribution in [0, 0.1) is 0 Å². The van der Waals surface area contributed by atoms with Gasteiger partial charge in [0.15, 0.2) is 0 Å². The average molecular weight is 495 g/mol. The van der Waals surface area contributed by atoms with Crippen LogP contribution in [-0.2, 0) is 6.16 Å². The highest BCUT2D eigenvalue weighted by molar-refractivity contribution is 7.95. The van der Waals surface area contributed by atoms with Gasteiger partial charge in [-0.2, -0.15) is 0 Å². The van der Waals surface area contributed by atoms with E-state index in [4.69, 9.17) is 5.73 Å². The first-order valence-electron chi connectivity index (χ1n) is 9.18. The standard InChI is InChI=1S/C25H23NP.HI/c26-22-18-16-21(17-19-22)20-27(23-10-4-1-5-11-23,24-12-6-2-7-13-24)25-14-8-3-9-15-25;/h1-19H,20,26H2;1H/q+1;/p-1. The lowest BCUT2D eigenvalue weighted by Gasteiger charge is -2.27. The molecule has 4 rings (SSSR count). The van der Waals surface area contributed by atoms with E-state index < -0.39 is 7.26 Å². The fourth-order valence-corrected chi connectivity index (χ4v) is 7.91. The van der Waals surface area contributed by atoms with E-state index in [1.54, 1.807) is 0 Å². The number of hydrogen-bond acceptors (Lipinski definition) is 1. The molecule has 0 atom stereocenters. The fraction of sp³-hybridized carbons (Fsp3) is 0.0400. The minimum atomic E-state index is -1.83. The Balaban J connectivity index is 0.00000225. The van der Waals surface area contributed by atoms with Gasteiger partial charge >= 0.3 is 0 Å². The van der Waals surface area contributed by atoms with Gasteiger partial charge in [0, 0.05) is 5.69 Å². The van der Waals surface area contributed by atoms with Crippen LogP contribution >= 0.6 is 7.26 Å². The monoisotopic (exact) mass is 495 g/mol. The zero-order valence-electron chi connectivity index (χ0n) is 15.6. The molecule has 0 fully saturated rings. The first-order valence-corrected chi connectivity index (χ1v) is 11.2. The van der Waals surface area contributed by atoms with E-state index in [1.807, 2.05) is 12.1 Å². The molecule has 0 heterocycles. The van der Waals surface area contributed by atoms with Crippen molar-refractivity contribution in [1.29, 1.82) is 0 Å². The molecule has 0 aromatic heterocycles. The Labute approximate surface area is 185 Å². The van der Waals surface area contributed by atoms with Crippen LogP contribution in [0.5, 0.6) is 0 Å². The van der Waals surface area contributed by atoms with Gasteiger partial charge in [-0.25, -0.2) is 0 Å². The van der Waals surface area contributed by atoms with Crippen LogP contribution in [0.3, 0.4) is 0 Å². The van der Waals surface area contributed by atoms with Gasteiger partial charge in [0.2, 0.25) is 0 Å². The third kappa shape index (κ3) is 4.14. The summed E-state index contributed by atoms with van der Waals surface area (Å²) in [5.41, 5.74) is 8.05. The van der Waals surface area contributed by atoms with Crippen LogP contribution in [0.15, 0.2) is 115 Å². The van der Waals surface area contributed by atoms with Gasteiger partial charge in [-0.15, -0.1) is 0 Å². The second kappa shape index (κ2) is 9.36. The van der Waals surface area contributed by atoms with E-state index in [9.17, 15) is 0 Å². The molecular formula is C25H23INP. The van der Waals surface area contributed by atoms with E-state index in [-0.39, 0.29) is 24.0 Å². The molecule has 4 aromatic rings. The molecule has 0 aliphatic rings. The van der Waals surface area contributed by atoms with Crippen LogP contribution in [0.25, 0.3) is 0 Å². The molecule has 0 unspecified atom stereocenters. The predicted octanol–water partition coefficient (Wildman–Crippen LogP) is 1.77. The van der Waals surface area contributed by atoms with Crippen molar-refractivity contribution < 1.29 is 24.0 Å². The zero-order chi connectivity index (χ0) is 18.5. The van der Waals surface area contributed by atoms with Gasteiger partial charge < -0.3 is 29.7 Å². The molecular weight excluding hydrogens is 472 g/mol. The van der Waals surface area contributed by atoms with Crippen molar-refractivity contribution in [3.8, 4) is 0 Å². The second-order valence-corrected chi connectivity index (χ2v) is 10.2. The molecule has 0 radical (unpaired) electrons. The number of hydrogen-bond donors (Lipinski definition) is 1. The Morgan fingerprint density at radius 3 is 1.21 bits per heavy atom. The Morgan fingerprint density at radius 1 is 0.500 bits per heavy atom. The van der Waals surface area contributed by atoms with Gasteiger partial charge in [0.1, 0.15) is 23.2 Å². The summed E-state index contributed by atoms with van der Waals surface area (Å²) in [5, 5.41) is 4.21. The largest absolute Gasteiger partial charge is 1.00 e. The topological polar surface area (TPSA) is 26.0 Å². The van der Waals surface area contributed by atoms with Gasteiger partial charge in [-0.1, -0.05) is 66.7 Å². The molecule has 0 amide bonds. The van der Waals surface area contributed by atoms with E-state index in [0.717, 1.165) is 11.8 Å². The maximum atomic E-state index is 5.93. The third-order valence-corrected chi connectivity index (χ3v) is 9.37. The first kappa shape index (κ1) is 20.6. The molecule has 0 aliphatic carbocycles. The minimum Gasteiger partial charge on any atom is -1.00 e. The lowest BCUT2D eigenvalue weighted by Crippen LogP contribution is -3.00. The van der Waals surface area contributed by atoms with Crippen molar-refractivity contribution in [2.45, 2.75) is 6.16 Å². The molecule has 0 bridgehead atoms. The molecule has 0 spiro atoms. The minimum absolute atomic E-state index is 0. The molecule has 2 N–H and O–H groups in total. The lowest BCUT2D eigenvalue weighted by molar-refractivity contribution is -0.00000527. The number of anilines is 1. The van der Waals surface area contributed by atoms with Gasteiger partial charge in [0.05, 0.1) is 6.16 Å². The molecule has 28 heavy (non-hydrogen) atoms. The summed E-state index contributed by atoms with van der Waals surface area (Å²) in [5.74, 6) is 0. The van der Waals surface area contributed by atoms with Gasteiger partial charge in [-0.05, 0) is 54.1 Å². The second-order valence-electron chi connectivity index (χ2n) is 6.72. The molecule has 3 heteroatoms. The molecule has 0 saturated heterocycles. The molecule has 140 valence electrons. The van der Waals surface area contributed by atoms with E-state index >= 15 is 0 Å². The Hall–Kier alpha value is -2.16. The summed E-state index contributed by atoms with van der Waals surface area (Å²) < 4.78 is 0. The molecule has 1 nitrogen and oxygen atoms in total. The predicted molar refractivity (Wildman–Crippen MR) is 120 cm³/mol. The zero-order valence-corrected chi connectivity index (χ0v) is 18.6. The Morgan fingerprint density at radius 2 is 0.857 bits per heavy atom. The number of nitrogens with two attached hydrogens (primary N) is 1. The summed E-state index contributed by atoms with van der Waals surface area (Å²) in [6.07, 6.45) is 0.977. The maximum Gasteiger partial charge on any atom is 0.116 e. The fourth-order valence-electron chi connectivity index (χ4n) is 3.67. The van der Waals surface area contributed by atoms with Gasteiger partial charge in [0.25, 0.3) is 0 Å². The summed E-state index contributed by atoms with van der Waals surface area (Å²) in [7, 11) is -1.83. The summed E-state index contributed by atoms with van der Waals surface area (Å²) in [6.45, 7) is 0.